The number of hydrogen-bond donors (Lipinski definition) is 3. The van der Waals surface area contributed by atoms with Crippen molar-refractivity contribution in [2.24, 2.45) is 11.7 Å². The zero-order valence-electron chi connectivity index (χ0n) is 19.3. The Kier molecular flexibility index (Phi) is 7.46. The summed E-state index contributed by atoms with van der Waals surface area (Å²) in [5.41, 5.74) is 1.79. The van der Waals surface area contributed by atoms with Gasteiger partial charge in [0.15, 0.2) is 5.82 Å². The van der Waals surface area contributed by atoms with Crippen LogP contribution < -0.4 is 15.8 Å². The van der Waals surface area contributed by atoms with Gasteiger partial charge in [0, 0.05) is 37.4 Å². The molecule has 1 saturated heterocycles. The van der Waals surface area contributed by atoms with Gasteiger partial charge in [0.1, 0.15) is 5.56 Å². The smallest absolute Gasteiger partial charge is 0.365 e. The lowest BCUT2D eigenvalue weighted by Crippen LogP contribution is -2.46. The molecule has 2 amide bonds. The highest BCUT2D eigenvalue weighted by Crippen LogP contribution is 2.36. The van der Waals surface area contributed by atoms with Crippen LogP contribution in [0.1, 0.15) is 48.0 Å². The van der Waals surface area contributed by atoms with Crippen molar-refractivity contribution in [1.29, 1.82) is 5.26 Å². The molecule has 2 fully saturated rings. The number of carbonyl (C=O) groups excluding carboxylic acids is 2. The maximum absolute atomic E-state index is 12.5. The van der Waals surface area contributed by atoms with Crippen LogP contribution in [-0.4, -0.2) is 45.1 Å². The minimum absolute atomic E-state index is 0.0760. The summed E-state index contributed by atoms with van der Waals surface area (Å²) in [6.45, 7) is 1.74. The lowest BCUT2D eigenvalue weighted by molar-refractivity contribution is -0.117. The predicted octanol–water partition coefficient (Wildman–Crippen LogP) is 3.82. The number of benzene rings is 1. The highest BCUT2D eigenvalue weighted by Gasteiger charge is 2.39. The molecule has 4 rings (SSSR count). The summed E-state index contributed by atoms with van der Waals surface area (Å²) in [7, 11) is 0. The second kappa shape index (κ2) is 10.4. The molecule has 1 aliphatic heterocycles. The largest absolute Gasteiger partial charge is 0.461 e. The van der Waals surface area contributed by atoms with Gasteiger partial charge in [-0.15, -0.1) is 0 Å². The number of nitrogens with two attached hydrogens (primary N) is 1. The number of carbonyl (C=O) groups is 2. The van der Waals surface area contributed by atoms with Gasteiger partial charge in [0.2, 0.25) is 5.91 Å². The number of alkyl halides is 3. The Balaban J connectivity index is 1.45. The van der Waals surface area contributed by atoms with Crippen molar-refractivity contribution in [2.45, 2.75) is 49.7 Å². The number of rotatable bonds is 9. The third-order valence-corrected chi connectivity index (χ3v) is 7.04. The summed E-state index contributed by atoms with van der Waals surface area (Å²) < 4.78 is 41.3. The Bertz CT molecular complexity index is 1170. The van der Waals surface area contributed by atoms with Crippen molar-refractivity contribution in [3.05, 3.63) is 41.6 Å². The normalized spacial score (nSPS) is 17.8. The topological polar surface area (TPSA) is 129 Å². The average molecular weight is 522 g/mol. The van der Waals surface area contributed by atoms with Gasteiger partial charge in [0.25, 0.3) is 5.91 Å². The summed E-state index contributed by atoms with van der Waals surface area (Å²) in [6.07, 6.45) is 4.37. The number of primary amides is 1. The van der Waals surface area contributed by atoms with E-state index in [0.717, 1.165) is 18.4 Å². The molecule has 1 aromatic carbocycles. The van der Waals surface area contributed by atoms with Crippen molar-refractivity contribution in [3.8, 4) is 6.07 Å². The van der Waals surface area contributed by atoms with Crippen LogP contribution in [0.15, 0.2) is 30.5 Å². The van der Waals surface area contributed by atoms with Crippen molar-refractivity contribution in [3.63, 3.8) is 0 Å². The summed E-state index contributed by atoms with van der Waals surface area (Å²) >= 11 is -0.305. The number of nitrogens with one attached hydrogen (secondary N) is 2. The molecule has 36 heavy (non-hydrogen) atoms. The van der Waals surface area contributed by atoms with Crippen molar-refractivity contribution in [1.82, 2.24) is 14.7 Å². The fourth-order valence-corrected chi connectivity index (χ4v) is 4.68. The lowest BCUT2D eigenvalue weighted by Gasteiger charge is -2.40. The number of anilines is 2. The first-order valence-electron chi connectivity index (χ1n) is 11.5. The van der Waals surface area contributed by atoms with E-state index in [9.17, 15) is 28.0 Å². The van der Waals surface area contributed by atoms with Gasteiger partial charge in [-0.05, 0) is 43.4 Å². The Labute approximate surface area is 210 Å². The molecule has 0 radical (unpaired) electrons. The number of nitrogens with zero attached hydrogens (tertiary/aromatic N) is 4. The molecular weight excluding hydrogens is 495 g/mol. The molecule has 1 saturated carbocycles. The molecule has 4 N–H and O–H groups in total. The summed E-state index contributed by atoms with van der Waals surface area (Å²) in [5, 5.41) is 16.7. The standard InChI is InChI=1S/C23H26F3N7O2S/c24-23(25,26)36-31-17-3-1-2-15(12-17)13-32-10-7-22(6-9-27,8-11-32)33-14-18(19(28)34)20(30-33)29-21(35)16-4-5-16/h1-3,12,14,16,31H,4-8,10-11,13H2,(H2,28,34)(H,29,30,35). The molecule has 1 aromatic heterocycles. The fraction of sp³-hybridized carbons (Fsp3) is 0.478. The second-order valence-electron chi connectivity index (χ2n) is 9.15. The number of halogens is 3. The Hall–Kier alpha value is -3.24. The van der Waals surface area contributed by atoms with Crippen LogP contribution in [0.25, 0.3) is 0 Å². The van der Waals surface area contributed by atoms with E-state index in [2.05, 4.69) is 26.1 Å². The van der Waals surface area contributed by atoms with Crippen molar-refractivity contribution >= 4 is 35.3 Å². The minimum atomic E-state index is -4.38. The zero-order chi connectivity index (χ0) is 25.9. The maximum Gasteiger partial charge on any atom is 0.461 e. The molecule has 2 heterocycles. The van der Waals surface area contributed by atoms with Crippen LogP contribution >= 0.6 is 11.9 Å². The second-order valence-corrected chi connectivity index (χ2v) is 10.0. The van der Waals surface area contributed by atoms with Gasteiger partial charge in [-0.1, -0.05) is 12.1 Å². The zero-order valence-corrected chi connectivity index (χ0v) is 20.2. The van der Waals surface area contributed by atoms with Crippen LogP contribution in [0.5, 0.6) is 0 Å². The fourth-order valence-electron chi connectivity index (χ4n) is 4.32. The molecule has 9 nitrogen and oxygen atoms in total. The first-order valence-corrected chi connectivity index (χ1v) is 12.3. The predicted molar refractivity (Wildman–Crippen MR) is 129 cm³/mol. The molecule has 1 aliphatic carbocycles. The first kappa shape index (κ1) is 25.8. The van der Waals surface area contributed by atoms with E-state index in [-0.39, 0.29) is 41.6 Å². The lowest BCUT2D eigenvalue weighted by atomic mass is 9.84. The molecule has 192 valence electrons. The van der Waals surface area contributed by atoms with Gasteiger partial charge < -0.3 is 15.8 Å². The number of likely N-dealkylation sites (tertiary alicyclic amines) is 1. The third kappa shape index (κ3) is 6.30. The van der Waals surface area contributed by atoms with E-state index in [1.165, 1.54) is 6.20 Å². The molecule has 0 atom stereocenters. The summed E-state index contributed by atoms with van der Waals surface area (Å²) in [4.78, 5) is 26.4. The molecule has 0 spiro atoms. The number of aromatic nitrogens is 2. The molecule has 13 heteroatoms. The quantitative estimate of drug-likeness (QED) is 0.428. The number of nitriles is 1. The average Bonchev–Trinajstić information content (AvgIpc) is 3.59. The highest BCUT2D eigenvalue weighted by atomic mass is 32.2. The van der Waals surface area contributed by atoms with Gasteiger partial charge in [-0.2, -0.15) is 23.5 Å². The van der Waals surface area contributed by atoms with E-state index in [1.807, 2.05) is 6.07 Å². The van der Waals surface area contributed by atoms with E-state index in [1.54, 1.807) is 22.9 Å². The number of amides is 2. The van der Waals surface area contributed by atoms with Crippen LogP contribution in [0.3, 0.4) is 0 Å². The van der Waals surface area contributed by atoms with Crippen LogP contribution in [0.4, 0.5) is 24.7 Å². The molecular formula is C23H26F3N7O2S. The Morgan fingerprint density at radius 2 is 2.00 bits per heavy atom. The summed E-state index contributed by atoms with van der Waals surface area (Å²) in [5.74, 6) is -0.876. The van der Waals surface area contributed by atoms with Crippen LogP contribution in [0.2, 0.25) is 0 Å². The van der Waals surface area contributed by atoms with Crippen molar-refractivity contribution in [2.75, 3.05) is 23.1 Å². The van der Waals surface area contributed by atoms with Gasteiger partial charge >= 0.3 is 5.51 Å². The Morgan fingerprint density at radius 1 is 1.28 bits per heavy atom. The van der Waals surface area contributed by atoms with E-state index in [0.29, 0.717) is 38.2 Å². The monoisotopic (exact) mass is 521 g/mol. The van der Waals surface area contributed by atoms with Gasteiger partial charge in [-0.25, -0.2) is 0 Å². The first-order chi connectivity index (χ1) is 17.1. The summed E-state index contributed by atoms with van der Waals surface area (Å²) in [6, 6.07) is 9.02. The van der Waals surface area contributed by atoms with Gasteiger partial charge in [0.05, 0.1) is 30.0 Å². The SMILES string of the molecule is N#CCC1(n2cc(C(N)=O)c(NC(=O)C3CC3)n2)CCN(Cc2cccc(NSC(F)(F)F)c2)CC1. The highest BCUT2D eigenvalue weighted by molar-refractivity contribution is 8.01. The third-order valence-electron chi connectivity index (χ3n) is 6.47. The van der Waals surface area contributed by atoms with Gasteiger partial charge in [-0.3, -0.25) is 19.2 Å². The van der Waals surface area contributed by atoms with Crippen molar-refractivity contribution < 1.29 is 22.8 Å². The number of hydrogen-bond acceptors (Lipinski definition) is 7. The molecule has 0 unspecified atom stereocenters. The van der Waals surface area contributed by atoms with E-state index in [4.69, 9.17) is 5.73 Å². The molecule has 0 bridgehead atoms. The van der Waals surface area contributed by atoms with E-state index < -0.39 is 17.0 Å². The van der Waals surface area contributed by atoms with Crippen LogP contribution in [-0.2, 0) is 16.9 Å². The maximum atomic E-state index is 12.5. The molecule has 2 aliphatic rings. The number of piperidine rings is 1. The van der Waals surface area contributed by atoms with E-state index >= 15 is 0 Å². The molecule has 2 aromatic rings. The Morgan fingerprint density at radius 3 is 2.61 bits per heavy atom. The van der Waals surface area contributed by atoms with Crippen LogP contribution in [0, 0.1) is 17.2 Å². The minimum Gasteiger partial charge on any atom is -0.365 e.